The molecule has 2 aromatic rings. The number of esters is 1. The zero-order valence-corrected chi connectivity index (χ0v) is 15.3. The summed E-state index contributed by atoms with van der Waals surface area (Å²) in [5.74, 6) is -1.42. The molecule has 26 heavy (non-hydrogen) atoms. The maximum Gasteiger partial charge on any atom is 0.325 e. The summed E-state index contributed by atoms with van der Waals surface area (Å²) in [5, 5.41) is 2.51. The SMILES string of the molecule is COC(=O)CNC(=O)[C@H](C)N(Cc1ccccc1)c1ccc(F)c(Cl)c1. The minimum atomic E-state index is -0.624. The number of rotatable bonds is 7. The number of carbonyl (C=O) groups excluding carboxylic acids is 2. The second-order valence-corrected chi connectivity index (χ2v) is 6.09. The second-order valence-electron chi connectivity index (χ2n) is 5.68. The molecule has 0 aliphatic carbocycles. The Balaban J connectivity index is 2.25. The third-order valence-corrected chi connectivity index (χ3v) is 4.20. The van der Waals surface area contributed by atoms with Crippen LogP contribution in [0.25, 0.3) is 0 Å². The molecule has 0 unspecified atom stereocenters. The molecule has 0 heterocycles. The maximum absolute atomic E-state index is 13.5. The molecule has 0 spiro atoms. The van der Waals surface area contributed by atoms with Crippen LogP contribution in [0, 0.1) is 5.82 Å². The first-order valence-corrected chi connectivity index (χ1v) is 8.40. The molecule has 2 aromatic carbocycles. The lowest BCUT2D eigenvalue weighted by atomic mass is 10.1. The summed E-state index contributed by atoms with van der Waals surface area (Å²) in [7, 11) is 1.25. The molecule has 1 amide bonds. The van der Waals surface area contributed by atoms with Gasteiger partial charge in [-0.05, 0) is 30.7 Å². The topological polar surface area (TPSA) is 58.6 Å². The van der Waals surface area contributed by atoms with Crippen molar-refractivity contribution >= 4 is 29.2 Å². The number of ether oxygens (including phenoxy) is 1. The molecule has 138 valence electrons. The lowest BCUT2D eigenvalue weighted by Gasteiger charge is -2.31. The van der Waals surface area contributed by atoms with E-state index in [0.29, 0.717) is 12.2 Å². The van der Waals surface area contributed by atoms with Gasteiger partial charge >= 0.3 is 5.97 Å². The summed E-state index contributed by atoms with van der Waals surface area (Å²) in [5.41, 5.74) is 1.57. The molecule has 5 nitrogen and oxygen atoms in total. The Morgan fingerprint density at radius 2 is 1.92 bits per heavy atom. The number of carbonyl (C=O) groups is 2. The van der Waals surface area contributed by atoms with Gasteiger partial charge in [0.05, 0.1) is 12.1 Å². The highest BCUT2D eigenvalue weighted by Gasteiger charge is 2.23. The summed E-state index contributed by atoms with van der Waals surface area (Å²) >= 11 is 5.90. The molecule has 0 radical (unpaired) electrons. The molecule has 0 aliphatic heterocycles. The summed E-state index contributed by atoms with van der Waals surface area (Å²) in [6.45, 7) is 1.89. The highest BCUT2D eigenvalue weighted by molar-refractivity contribution is 6.31. The summed E-state index contributed by atoms with van der Waals surface area (Å²) in [6, 6.07) is 13.2. The lowest BCUT2D eigenvalue weighted by Crippen LogP contribution is -2.46. The number of hydrogen-bond donors (Lipinski definition) is 1. The van der Waals surface area contributed by atoms with E-state index in [0.717, 1.165) is 5.56 Å². The molecule has 0 fully saturated rings. The molecule has 0 saturated heterocycles. The van der Waals surface area contributed by atoms with Gasteiger partial charge in [-0.3, -0.25) is 9.59 Å². The van der Waals surface area contributed by atoms with Gasteiger partial charge in [0.2, 0.25) is 5.91 Å². The van der Waals surface area contributed by atoms with Crippen molar-refractivity contribution < 1.29 is 18.7 Å². The molecule has 0 aliphatic rings. The van der Waals surface area contributed by atoms with Gasteiger partial charge in [0.25, 0.3) is 0 Å². The first kappa shape index (κ1) is 19.7. The Hall–Kier alpha value is -2.60. The Kier molecular flexibility index (Phi) is 6.97. The smallest absolute Gasteiger partial charge is 0.325 e. The van der Waals surface area contributed by atoms with Crippen LogP contribution in [0.3, 0.4) is 0 Å². The third kappa shape index (κ3) is 5.20. The molecule has 2 rings (SSSR count). The number of hydrogen-bond acceptors (Lipinski definition) is 4. The van der Waals surface area contributed by atoms with E-state index in [9.17, 15) is 14.0 Å². The van der Waals surface area contributed by atoms with Gasteiger partial charge in [0.1, 0.15) is 18.4 Å². The van der Waals surface area contributed by atoms with Crippen molar-refractivity contribution in [2.45, 2.75) is 19.5 Å². The van der Waals surface area contributed by atoms with Crippen LogP contribution >= 0.6 is 11.6 Å². The maximum atomic E-state index is 13.5. The van der Waals surface area contributed by atoms with Crippen LogP contribution in [0.4, 0.5) is 10.1 Å². The quantitative estimate of drug-likeness (QED) is 0.752. The van der Waals surface area contributed by atoms with Gasteiger partial charge < -0.3 is 15.0 Å². The largest absolute Gasteiger partial charge is 0.468 e. The third-order valence-electron chi connectivity index (χ3n) is 3.91. The number of amides is 1. The average molecular weight is 379 g/mol. The van der Waals surface area contributed by atoms with Crippen molar-refractivity contribution in [1.82, 2.24) is 5.32 Å². The lowest BCUT2D eigenvalue weighted by molar-refractivity contribution is -0.141. The van der Waals surface area contributed by atoms with Gasteiger partial charge in [0.15, 0.2) is 0 Å². The molecular weight excluding hydrogens is 359 g/mol. The highest BCUT2D eigenvalue weighted by atomic mass is 35.5. The Morgan fingerprint density at radius 3 is 2.54 bits per heavy atom. The van der Waals surface area contributed by atoms with Crippen molar-refractivity contribution in [3.05, 3.63) is 64.9 Å². The van der Waals surface area contributed by atoms with Crippen molar-refractivity contribution in [2.24, 2.45) is 0 Å². The Bertz CT molecular complexity index is 771. The normalized spacial score (nSPS) is 11.5. The van der Waals surface area contributed by atoms with Gasteiger partial charge in [-0.2, -0.15) is 0 Å². The second kappa shape index (κ2) is 9.20. The molecule has 7 heteroatoms. The number of halogens is 2. The van der Waals surface area contributed by atoms with Crippen LogP contribution in [-0.4, -0.2) is 31.6 Å². The zero-order valence-electron chi connectivity index (χ0n) is 14.5. The molecule has 0 saturated carbocycles. The minimum absolute atomic E-state index is 0.0252. The number of nitrogens with zero attached hydrogens (tertiary/aromatic N) is 1. The van der Waals surface area contributed by atoms with E-state index < -0.39 is 17.8 Å². The van der Waals surface area contributed by atoms with Gasteiger partial charge in [-0.15, -0.1) is 0 Å². The first-order chi connectivity index (χ1) is 12.4. The van der Waals surface area contributed by atoms with E-state index in [1.165, 1.54) is 19.2 Å². The number of nitrogens with one attached hydrogen (secondary N) is 1. The first-order valence-electron chi connectivity index (χ1n) is 8.02. The van der Waals surface area contributed by atoms with E-state index in [1.54, 1.807) is 17.9 Å². The fourth-order valence-corrected chi connectivity index (χ4v) is 2.59. The molecule has 0 aromatic heterocycles. The van der Waals surface area contributed by atoms with E-state index in [-0.39, 0.29) is 17.5 Å². The molecular formula is C19H20ClFN2O3. The Morgan fingerprint density at radius 1 is 1.23 bits per heavy atom. The van der Waals surface area contributed by atoms with Gasteiger partial charge in [0, 0.05) is 12.2 Å². The average Bonchev–Trinajstić information content (AvgIpc) is 2.66. The van der Waals surface area contributed by atoms with Crippen molar-refractivity contribution in [1.29, 1.82) is 0 Å². The highest BCUT2D eigenvalue weighted by Crippen LogP contribution is 2.26. The van der Waals surface area contributed by atoms with Gasteiger partial charge in [-0.1, -0.05) is 41.9 Å². The summed E-state index contributed by atoms with van der Waals surface area (Å²) in [6.07, 6.45) is 0. The Labute approximate surface area is 156 Å². The van der Waals surface area contributed by atoms with Crippen molar-refractivity contribution in [2.75, 3.05) is 18.6 Å². The molecule has 1 atom stereocenters. The molecule has 1 N–H and O–H groups in total. The van der Waals surface area contributed by atoms with E-state index in [1.807, 2.05) is 30.3 Å². The van der Waals surface area contributed by atoms with Crippen LogP contribution in [-0.2, 0) is 20.9 Å². The molecule has 0 bridgehead atoms. The zero-order chi connectivity index (χ0) is 19.1. The minimum Gasteiger partial charge on any atom is -0.468 e. The van der Waals surface area contributed by atoms with Crippen LogP contribution in [0.2, 0.25) is 5.02 Å². The van der Waals surface area contributed by atoms with Gasteiger partial charge in [-0.25, -0.2) is 4.39 Å². The van der Waals surface area contributed by atoms with Crippen LogP contribution in [0.15, 0.2) is 48.5 Å². The number of methoxy groups -OCH3 is 1. The van der Waals surface area contributed by atoms with Crippen LogP contribution < -0.4 is 10.2 Å². The van der Waals surface area contributed by atoms with E-state index in [2.05, 4.69) is 10.1 Å². The fraction of sp³-hybridized carbons (Fsp3) is 0.263. The van der Waals surface area contributed by atoms with Crippen LogP contribution in [0.1, 0.15) is 12.5 Å². The standard InChI is InChI=1S/C19H20ClFN2O3/c1-13(19(25)22-11-18(24)26-2)23(12-14-6-4-3-5-7-14)15-8-9-17(21)16(20)10-15/h3-10,13H,11-12H2,1-2H3,(H,22,25)/t13-/m0/s1. The fourth-order valence-electron chi connectivity index (χ4n) is 2.42. The number of anilines is 1. The predicted molar refractivity (Wildman–Crippen MR) is 98.5 cm³/mol. The summed E-state index contributed by atoms with van der Waals surface area (Å²) in [4.78, 5) is 25.5. The van der Waals surface area contributed by atoms with E-state index >= 15 is 0 Å². The number of benzene rings is 2. The van der Waals surface area contributed by atoms with Crippen LogP contribution in [0.5, 0.6) is 0 Å². The van der Waals surface area contributed by atoms with E-state index in [4.69, 9.17) is 11.6 Å². The summed E-state index contributed by atoms with van der Waals surface area (Å²) < 4.78 is 18.0. The monoisotopic (exact) mass is 378 g/mol. The van der Waals surface area contributed by atoms with Crippen molar-refractivity contribution in [3.63, 3.8) is 0 Å². The predicted octanol–water partition coefficient (Wildman–Crippen LogP) is 3.16. The van der Waals surface area contributed by atoms with Crippen molar-refractivity contribution in [3.8, 4) is 0 Å².